The lowest BCUT2D eigenvalue weighted by molar-refractivity contribution is 0.00331. The summed E-state index contributed by atoms with van der Waals surface area (Å²) in [5.41, 5.74) is 8.82. The minimum atomic E-state index is -0.0594. The molecule has 0 bridgehead atoms. The third-order valence-electron chi connectivity index (χ3n) is 4.30. The summed E-state index contributed by atoms with van der Waals surface area (Å²) < 4.78 is 5.51. The van der Waals surface area contributed by atoms with Crippen LogP contribution in [0.2, 0.25) is 0 Å². The van der Waals surface area contributed by atoms with Crippen LogP contribution in [-0.2, 0) is 11.2 Å². The van der Waals surface area contributed by atoms with E-state index in [9.17, 15) is 0 Å². The highest BCUT2D eigenvalue weighted by Gasteiger charge is 2.27. The summed E-state index contributed by atoms with van der Waals surface area (Å²) in [5, 5.41) is 0. The summed E-state index contributed by atoms with van der Waals surface area (Å²) in [5.74, 6) is 0. The molecule has 2 rings (SSSR count). The summed E-state index contributed by atoms with van der Waals surface area (Å²) in [4.78, 5) is 2.50. The maximum atomic E-state index is 6.01. The molecule has 0 amide bonds. The Morgan fingerprint density at radius 3 is 2.79 bits per heavy atom. The first-order valence-electron chi connectivity index (χ1n) is 7.14. The molecule has 19 heavy (non-hydrogen) atoms. The maximum Gasteiger partial charge on any atom is 0.0634 e. The Balaban J connectivity index is 2.07. The van der Waals surface area contributed by atoms with E-state index in [1.807, 2.05) is 0 Å². The van der Waals surface area contributed by atoms with Crippen LogP contribution in [-0.4, -0.2) is 37.2 Å². The fraction of sp³-hybridized carbons (Fsp3) is 0.625. The van der Waals surface area contributed by atoms with Gasteiger partial charge in [-0.25, -0.2) is 0 Å². The molecule has 0 fully saturated rings. The standard InChI is InChI=1S/C16H26N2O/c1-16(2,19-3)9-11-18-10-8-13-6-4-5-7-14(13)15(18)12-17/h4-7,15H,8-12,17H2,1-3H3. The van der Waals surface area contributed by atoms with Crippen LogP contribution in [0.3, 0.4) is 0 Å². The van der Waals surface area contributed by atoms with E-state index in [1.165, 1.54) is 11.1 Å². The molecule has 1 aliphatic heterocycles. The highest BCUT2D eigenvalue weighted by Crippen LogP contribution is 2.29. The van der Waals surface area contributed by atoms with Crippen LogP contribution in [0.25, 0.3) is 0 Å². The molecule has 0 spiro atoms. The van der Waals surface area contributed by atoms with E-state index in [-0.39, 0.29) is 5.60 Å². The molecule has 1 aromatic rings. The molecule has 0 aromatic heterocycles. The summed E-state index contributed by atoms with van der Waals surface area (Å²) in [6.45, 7) is 7.10. The molecule has 1 aliphatic rings. The van der Waals surface area contributed by atoms with Crippen LogP contribution in [0.5, 0.6) is 0 Å². The molecular weight excluding hydrogens is 236 g/mol. The molecule has 2 N–H and O–H groups in total. The van der Waals surface area contributed by atoms with E-state index < -0.39 is 0 Å². The number of fused-ring (bicyclic) bond motifs is 1. The molecule has 1 atom stereocenters. The van der Waals surface area contributed by atoms with Gasteiger partial charge in [-0.3, -0.25) is 4.90 Å². The van der Waals surface area contributed by atoms with Gasteiger partial charge in [0.15, 0.2) is 0 Å². The second-order valence-corrected chi connectivity index (χ2v) is 5.95. The lowest BCUT2D eigenvalue weighted by Gasteiger charge is -2.38. The van der Waals surface area contributed by atoms with E-state index in [4.69, 9.17) is 10.5 Å². The second kappa shape index (κ2) is 6.04. The first-order chi connectivity index (χ1) is 9.07. The summed E-state index contributed by atoms with van der Waals surface area (Å²) >= 11 is 0. The summed E-state index contributed by atoms with van der Waals surface area (Å²) in [7, 11) is 1.78. The lowest BCUT2D eigenvalue weighted by atomic mass is 9.92. The van der Waals surface area contributed by atoms with Crippen molar-refractivity contribution in [2.45, 2.75) is 38.3 Å². The van der Waals surface area contributed by atoms with Gasteiger partial charge >= 0.3 is 0 Å². The number of hydrogen-bond donors (Lipinski definition) is 1. The number of ether oxygens (including phenoxy) is 1. The molecule has 0 saturated carbocycles. The first-order valence-corrected chi connectivity index (χ1v) is 7.14. The number of methoxy groups -OCH3 is 1. The van der Waals surface area contributed by atoms with Crippen molar-refractivity contribution in [3.63, 3.8) is 0 Å². The molecule has 0 radical (unpaired) electrons. The Morgan fingerprint density at radius 2 is 2.11 bits per heavy atom. The number of nitrogens with zero attached hydrogens (tertiary/aromatic N) is 1. The first kappa shape index (κ1) is 14.5. The van der Waals surface area contributed by atoms with Crippen molar-refractivity contribution >= 4 is 0 Å². The molecule has 0 aliphatic carbocycles. The average Bonchev–Trinajstić information content (AvgIpc) is 2.44. The zero-order valence-corrected chi connectivity index (χ0v) is 12.4. The van der Waals surface area contributed by atoms with Crippen molar-refractivity contribution in [1.82, 2.24) is 4.90 Å². The molecule has 1 aromatic carbocycles. The molecule has 3 heteroatoms. The van der Waals surface area contributed by atoms with E-state index in [1.54, 1.807) is 7.11 Å². The van der Waals surface area contributed by atoms with Gasteiger partial charge in [0.05, 0.1) is 5.60 Å². The third-order valence-corrected chi connectivity index (χ3v) is 4.30. The smallest absolute Gasteiger partial charge is 0.0634 e. The maximum absolute atomic E-state index is 6.01. The molecule has 3 nitrogen and oxygen atoms in total. The minimum absolute atomic E-state index is 0.0594. The van der Waals surface area contributed by atoms with Crippen molar-refractivity contribution in [2.75, 3.05) is 26.7 Å². The molecule has 106 valence electrons. The van der Waals surface area contributed by atoms with Crippen molar-refractivity contribution in [3.8, 4) is 0 Å². The van der Waals surface area contributed by atoms with E-state index >= 15 is 0 Å². The third kappa shape index (κ3) is 3.35. The van der Waals surface area contributed by atoms with Gasteiger partial charge in [-0.2, -0.15) is 0 Å². The second-order valence-electron chi connectivity index (χ2n) is 5.95. The van der Waals surface area contributed by atoms with Crippen molar-refractivity contribution in [3.05, 3.63) is 35.4 Å². The number of benzene rings is 1. The molecule has 1 unspecified atom stereocenters. The van der Waals surface area contributed by atoms with Crippen LogP contribution in [0, 0.1) is 0 Å². The van der Waals surface area contributed by atoms with Gasteiger partial charge in [-0.1, -0.05) is 24.3 Å². The monoisotopic (exact) mass is 262 g/mol. The van der Waals surface area contributed by atoms with E-state index in [2.05, 4.69) is 43.0 Å². The molecular formula is C16H26N2O. The Hall–Kier alpha value is -0.900. The number of nitrogens with two attached hydrogens (primary N) is 1. The fourth-order valence-electron chi connectivity index (χ4n) is 2.76. The van der Waals surface area contributed by atoms with Crippen molar-refractivity contribution in [1.29, 1.82) is 0 Å². The van der Waals surface area contributed by atoms with Gasteiger partial charge in [-0.05, 0) is 37.8 Å². The van der Waals surface area contributed by atoms with Gasteiger partial charge in [0, 0.05) is 32.8 Å². The van der Waals surface area contributed by atoms with Crippen molar-refractivity contribution < 1.29 is 4.74 Å². The zero-order chi connectivity index (χ0) is 13.9. The highest BCUT2D eigenvalue weighted by molar-refractivity contribution is 5.32. The van der Waals surface area contributed by atoms with Crippen LogP contribution in [0.4, 0.5) is 0 Å². The lowest BCUT2D eigenvalue weighted by Crippen LogP contribution is -2.42. The molecule has 1 heterocycles. The predicted octanol–water partition coefficient (Wildman–Crippen LogP) is 2.36. The van der Waals surface area contributed by atoms with E-state index in [0.717, 1.165) is 25.9 Å². The summed E-state index contributed by atoms with van der Waals surface area (Å²) in [6, 6.07) is 9.05. The van der Waals surface area contributed by atoms with Crippen molar-refractivity contribution in [2.24, 2.45) is 5.73 Å². The van der Waals surface area contributed by atoms with Crippen LogP contribution in [0.15, 0.2) is 24.3 Å². The Bertz CT molecular complexity index is 417. The van der Waals surface area contributed by atoms with Gasteiger partial charge in [0.2, 0.25) is 0 Å². The Kier molecular flexibility index (Phi) is 4.61. The molecule has 0 saturated heterocycles. The van der Waals surface area contributed by atoms with Crippen LogP contribution in [0.1, 0.15) is 37.4 Å². The van der Waals surface area contributed by atoms with Gasteiger partial charge in [0.1, 0.15) is 0 Å². The normalized spacial score (nSPS) is 20.3. The topological polar surface area (TPSA) is 38.5 Å². The Labute approximate surface area is 116 Å². The van der Waals surface area contributed by atoms with Crippen LogP contribution >= 0.6 is 0 Å². The van der Waals surface area contributed by atoms with Gasteiger partial charge in [0.25, 0.3) is 0 Å². The Morgan fingerprint density at radius 1 is 1.37 bits per heavy atom. The zero-order valence-electron chi connectivity index (χ0n) is 12.4. The quantitative estimate of drug-likeness (QED) is 0.885. The largest absolute Gasteiger partial charge is 0.379 e. The number of rotatable bonds is 5. The highest BCUT2D eigenvalue weighted by atomic mass is 16.5. The predicted molar refractivity (Wildman–Crippen MR) is 79.2 cm³/mol. The average molecular weight is 262 g/mol. The number of hydrogen-bond acceptors (Lipinski definition) is 3. The fourth-order valence-corrected chi connectivity index (χ4v) is 2.76. The SMILES string of the molecule is COC(C)(C)CCN1CCc2ccccc2C1CN. The van der Waals surface area contributed by atoms with Gasteiger partial charge < -0.3 is 10.5 Å². The minimum Gasteiger partial charge on any atom is -0.379 e. The van der Waals surface area contributed by atoms with E-state index in [0.29, 0.717) is 12.6 Å². The summed E-state index contributed by atoms with van der Waals surface area (Å²) in [6.07, 6.45) is 2.16. The van der Waals surface area contributed by atoms with Crippen LogP contribution < -0.4 is 5.73 Å². The van der Waals surface area contributed by atoms with Gasteiger partial charge in [-0.15, -0.1) is 0 Å².